The molecule has 3 aromatic rings. The molecule has 1 amide bonds. The van der Waals surface area contributed by atoms with Crippen molar-refractivity contribution in [3.63, 3.8) is 0 Å². The number of halogens is 3. The van der Waals surface area contributed by atoms with Crippen molar-refractivity contribution in [3.05, 3.63) is 72.3 Å². The molecular formula is C19H15F3N2O4S. The Hall–Kier alpha value is -3.11. The van der Waals surface area contributed by atoms with E-state index in [0.29, 0.717) is 5.56 Å². The molecule has 0 aliphatic carbocycles. The van der Waals surface area contributed by atoms with Crippen LogP contribution >= 0.6 is 0 Å². The van der Waals surface area contributed by atoms with E-state index in [4.69, 9.17) is 0 Å². The van der Waals surface area contributed by atoms with Crippen LogP contribution in [0.25, 0.3) is 10.8 Å². The van der Waals surface area contributed by atoms with Gasteiger partial charge in [0.25, 0.3) is 10.0 Å². The van der Waals surface area contributed by atoms with Crippen molar-refractivity contribution >= 4 is 26.7 Å². The summed E-state index contributed by atoms with van der Waals surface area (Å²) in [5.74, 6) is -1.15. The summed E-state index contributed by atoms with van der Waals surface area (Å²) in [6, 6.07) is 16.5. The third-order valence-electron chi connectivity index (χ3n) is 3.92. The lowest BCUT2D eigenvalue weighted by Gasteiger charge is -2.11. The Kier molecular flexibility index (Phi) is 5.76. The number of fused-ring (bicyclic) bond motifs is 1. The summed E-state index contributed by atoms with van der Waals surface area (Å²) in [7, 11) is -4.17. The van der Waals surface area contributed by atoms with Gasteiger partial charge < -0.3 is 4.74 Å². The SMILES string of the molecule is O=C(Cc1cccc2ccccc12)NNS(=O)(=O)c1ccc(OC(F)(F)F)cc1. The van der Waals surface area contributed by atoms with Crippen LogP contribution < -0.4 is 15.0 Å². The van der Waals surface area contributed by atoms with E-state index in [2.05, 4.69) is 10.2 Å². The number of hydrogen-bond donors (Lipinski definition) is 2. The van der Waals surface area contributed by atoms with Crippen LogP contribution in [0.2, 0.25) is 0 Å². The standard InChI is InChI=1S/C19H15F3N2O4S/c20-19(21,22)28-15-8-10-16(11-9-15)29(26,27)24-23-18(25)12-14-6-3-5-13-4-1-2-7-17(13)14/h1-11,24H,12H2,(H,23,25). The van der Waals surface area contributed by atoms with Crippen molar-refractivity contribution in [2.24, 2.45) is 0 Å². The third kappa shape index (κ3) is 5.46. The fourth-order valence-corrected chi connectivity index (χ4v) is 3.53. The Morgan fingerprint density at radius 1 is 0.931 bits per heavy atom. The van der Waals surface area contributed by atoms with Gasteiger partial charge in [-0.05, 0) is 40.6 Å². The fourth-order valence-electron chi connectivity index (χ4n) is 2.67. The predicted molar refractivity (Wildman–Crippen MR) is 99.2 cm³/mol. The third-order valence-corrected chi connectivity index (χ3v) is 5.19. The summed E-state index contributed by atoms with van der Waals surface area (Å²) in [6.45, 7) is 0. The largest absolute Gasteiger partial charge is 0.573 e. The molecule has 10 heteroatoms. The molecule has 2 N–H and O–H groups in total. The minimum absolute atomic E-state index is 0.0672. The number of carbonyl (C=O) groups is 1. The Morgan fingerprint density at radius 3 is 2.28 bits per heavy atom. The maximum atomic E-state index is 12.2. The number of rotatable bonds is 6. The zero-order chi connectivity index (χ0) is 21.1. The van der Waals surface area contributed by atoms with Crippen LogP contribution in [0.3, 0.4) is 0 Å². The number of sulfonamides is 1. The fraction of sp³-hybridized carbons (Fsp3) is 0.105. The first kappa shape index (κ1) is 20.6. The van der Waals surface area contributed by atoms with E-state index in [0.717, 1.165) is 35.0 Å². The molecule has 0 aliphatic rings. The molecule has 152 valence electrons. The lowest BCUT2D eigenvalue weighted by atomic mass is 10.0. The second-order valence-corrected chi connectivity index (χ2v) is 7.67. The Bertz CT molecular complexity index is 1120. The van der Waals surface area contributed by atoms with E-state index in [1.165, 1.54) is 0 Å². The molecule has 0 aromatic heterocycles. The number of carbonyl (C=O) groups excluding carboxylic acids is 1. The number of benzene rings is 3. The van der Waals surface area contributed by atoms with E-state index < -0.39 is 28.0 Å². The zero-order valence-electron chi connectivity index (χ0n) is 14.7. The Morgan fingerprint density at radius 2 is 1.59 bits per heavy atom. The highest BCUT2D eigenvalue weighted by Gasteiger charge is 2.31. The minimum Gasteiger partial charge on any atom is -0.406 e. The minimum atomic E-state index is -4.88. The summed E-state index contributed by atoms with van der Waals surface area (Å²) in [5.41, 5.74) is 2.82. The number of hydrogen-bond acceptors (Lipinski definition) is 4. The predicted octanol–water partition coefficient (Wildman–Crippen LogP) is 3.29. The number of alkyl halides is 3. The van der Waals surface area contributed by atoms with Crippen LogP contribution in [-0.2, 0) is 21.2 Å². The van der Waals surface area contributed by atoms with Crippen LogP contribution in [0.15, 0.2) is 71.6 Å². The molecule has 0 fully saturated rings. The number of ether oxygens (including phenoxy) is 1. The summed E-state index contributed by atoms with van der Waals surface area (Å²) in [4.78, 5) is 13.7. The van der Waals surface area contributed by atoms with Crippen LogP contribution in [0, 0.1) is 0 Å². The molecule has 0 atom stereocenters. The molecule has 0 spiro atoms. The molecule has 0 unspecified atom stereocenters. The van der Waals surface area contributed by atoms with E-state index in [1.807, 2.05) is 35.2 Å². The van der Waals surface area contributed by atoms with Crippen LogP contribution in [-0.4, -0.2) is 20.7 Å². The first-order valence-corrected chi connectivity index (χ1v) is 9.75. The number of hydrazine groups is 1. The van der Waals surface area contributed by atoms with Gasteiger partial charge in [0.15, 0.2) is 0 Å². The Labute approximate surface area is 164 Å². The molecule has 0 saturated heterocycles. The molecular weight excluding hydrogens is 409 g/mol. The van der Waals surface area contributed by atoms with Crippen molar-refractivity contribution in [1.29, 1.82) is 0 Å². The lowest BCUT2D eigenvalue weighted by molar-refractivity contribution is -0.274. The smallest absolute Gasteiger partial charge is 0.406 e. The van der Waals surface area contributed by atoms with Gasteiger partial charge in [-0.15, -0.1) is 18.0 Å². The molecule has 0 radical (unpaired) electrons. The average Bonchev–Trinajstić information content (AvgIpc) is 2.66. The quantitative estimate of drug-likeness (QED) is 0.595. The average molecular weight is 424 g/mol. The highest BCUT2D eigenvalue weighted by molar-refractivity contribution is 7.89. The number of nitrogens with one attached hydrogen (secondary N) is 2. The van der Waals surface area contributed by atoms with Crippen LogP contribution in [0.1, 0.15) is 5.56 Å². The second kappa shape index (κ2) is 8.10. The summed E-state index contributed by atoms with van der Waals surface area (Å²) in [5, 5.41) is 1.81. The highest BCUT2D eigenvalue weighted by Crippen LogP contribution is 2.24. The maximum Gasteiger partial charge on any atom is 0.573 e. The van der Waals surface area contributed by atoms with Gasteiger partial charge in [-0.3, -0.25) is 10.2 Å². The van der Waals surface area contributed by atoms with E-state index in [9.17, 15) is 26.4 Å². The second-order valence-electron chi connectivity index (χ2n) is 5.99. The Balaban J connectivity index is 1.64. The molecule has 0 heterocycles. The van der Waals surface area contributed by atoms with Crippen molar-refractivity contribution in [3.8, 4) is 5.75 Å². The van der Waals surface area contributed by atoms with Gasteiger partial charge >= 0.3 is 6.36 Å². The van der Waals surface area contributed by atoms with E-state index in [-0.39, 0.29) is 11.3 Å². The molecule has 3 rings (SSSR count). The topological polar surface area (TPSA) is 84.5 Å². The van der Waals surface area contributed by atoms with Gasteiger partial charge in [-0.2, -0.15) is 0 Å². The summed E-state index contributed by atoms with van der Waals surface area (Å²) < 4.78 is 64.6. The zero-order valence-corrected chi connectivity index (χ0v) is 15.5. The molecule has 0 saturated carbocycles. The van der Waals surface area contributed by atoms with Gasteiger partial charge in [0.2, 0.25) is 5.91 Å². The first-order chi connectivity index (χ1) is 13.6. The van der Waals surface area contributed by atoms with Gasteiger partial charge in [0.05, 0.1) is 11.3 Å². The molecule has 3 aromatic carbocycles. The molecule has 0 aliphatic heterocycles. The van der Waals surface area contributed by atoms with Crippen LogP contribution in [0.4, 0.5) is 13.2 Å². The van der Waals surface area contributed by atoms with Gasteiger partial charge in [0, 0.05) is 0 Å². The first-order valence-electron chi connectivity index (χ1n) is 8.27. The van der Waals surface area contributed by atoms with Gasteiger partial charge in [-0.25, -0.2) is 8.42 Å². The number of amides is 1. The van der Waals surface area contributed by atoms with Crippen molar-refractivity contribution < 1.29 is 31.1 Å². The van der Waals surface area contributed by atoms with E-state index >= 15 is 0 Å². The molecule has 29 heavy (non-hydrogen) atoms. The normalized spacial score (nSPS) is 12.0. The molecule has 0 bridgehead atoms. The van der Waals surface area contributed by atoms with E-state index in [1.54, 1.807) is 12.1 Å². The van der Waals surface area contributed by atoms with Crippen molar-refractivity contribution in [2.75, 3.05) is 0 Å². The molecule has 6 nitrogen and oxygen atoms in total. The van der Waals surface area contributed by atoms with Crippen LogP contribution in [0.5, 0.6) is 5.75 Å². The van der Waals surface area contributed by atoms with Crippen molar-refractivity contribution in [1.82, 2.24) is 10.3 Å². The van der Waals surface area contributed by atoms with Crippen molar-refractivity contribution in [2.45, 2.75) is 17.7 Å². The lowest BCUT2D eigenvalue weighted by Crippen LogP contribution is -2.42. The summed E-state index contributed by atoms with van der Waals surface area (Å²) in [6.07, 6.45) is -4.95. The van der Waals surface area contributed by atoms with Gasteiger partial charge in [-0.1, -0.05) is 42.5 Å². The highest BCUT2D eigenvalue weighted by atomic mass is 32.2. The van der Waals surface area contributed by atoms with Gasteiger partial charge in [0.1, 0.15) is 5.75 Å². The summed E-state index contributed by atoms with van der Waals surface area (Å²) >= 11 is 0. The maximum absolute atomic E-state index is 12.2. The monoisotopic (exact) mass is 424 g/mol.